The van der Waals surface area contributed by atoms with Gasteiger partial charge in [-0.05, 0) is 46.1 Å². The average molecular weight is 247 g/mol. The maximum Gasteiger partial charge on any atom is 0.0543 e. The van der Waals surface area contributed by atoms with E-state index in [1.165, 1.54) is 31.4 Å². The number of likely N-dealkylation sites (N-methyl/N-ethyl adjacent to an activating group) is 2. The van der Waals surface area contributed by atoms with Gasteiger partial charge < -0.3 is 4.90 Å². The zero-order valence-corrected chi connectivity index (χ0v) is 11.8. The van der Waals surface area contributed by atoms with E-state index >= 15 is 0 Å². The second kappa shape index (κ2) is 6.30. The molecule has 1 saturated carbocycles. The van der Waals surface area contributed by atoms with Crippen molar-refractivity contribution in [1.29, 1.82) is 0 Å². The van der Waals surface area contributed by atoms with Crippen LogP contribution in [0.2, 0.25) is 0 Å². The van der Waals surface area contributed by atoms with E-state index in [9.17, 15) is 0 Å². The summed E-state index contributed by atoms with van der Waals surface area (Å²) < 4.78 is 0. The maximum atomic E-state index is 4.43. The number of hydrogen-bond acceptors (Lipinski definition) is 3. The van der Waals surface area contributed by atoms with Crippen LogP contribution in [0.1, 0.15) is 31.4 Å². The molecule has 2 rings (SSSR count). The van der Waals surface area contributed by atoms with Crippen LogP contribution < -0.4 is 0 Å². The lowest BCUT2D eigenvalue weighted by molar-refractivity contribution is 0.0869. The number of nitrogens with zero attached hydrogens (tertiary/aromatic N) is 3. The molecule has 2 atom stereocenters. The molecule has 1 aromatic rings. The average Bonchev–Trinajstić information content (AvgIpc) is 2.40. The zero-order valence-electron chi connectivity index (χ0n) is 11.8. The Hall–Kier alpha value is -0.930. The minimum Gasteiger partial charge on any atom is -0.305 e. The minimum atomic E-state index is 0.663. The van der Waals surface area contributed by atoms with E-state index in [-0.39, 0.29) is 0 Å². The summed E-state index contributed by atoms with van der Waals surface area (Å²) in [5.41, 5.74) is 1.17. The molecule has 1 fully saturated rings. The number of hydrogen-bond donors (Lipinski definition) is 0. The third-order valence-electron chi connectivity index (χ3n) is 4.06. The van der Waals surface area contributed by atoms with E-state index in [0.29, 0.717) is 12.1 Å². The number of rotatable bonds is 4. The Balaban J connectivity index is 2.00. The highest BCUT2D eigenvalue weighted by molar-refractivity contribution is 5.04. The molecule has 1 heterocycles. The molecule has 2 unspecified atom stereocenters. The summed E-state index contributed by atoms with van der Waals surface area (Å²) >= 11 is 0. The second-order valence-corrected chi connectivity index (χ2v) is 5.62. The largest absolute Gasteiger partial charge is 0.305 e. The van der Waals surface area contributed by atoms with Crippen LogP contribution in [0.15, 0.2) is 24.4 Å². The van der Waals surface area contributed by atoms with Crippen LogP contribution in [0.3, 0.4) is 0 Å². The highest BCUT2D eigenvalue weighted by Crippen LogP contribution is 2.26. The SMILES string of the molecule is CN(C)C1CCCCC1N(C)Cc1ccccn1. The Morgan fingerprint density at radius 2 is 1.83 bits per heavy atom. The van der Waals surface area contributed by atoms with Crippen LogP contribution in [0.4, 0.5) is 0 Å². The molecule has 1 aromatic heterocycles. The van der Waals surface area contributed by atoms with Crippen molar-refractivity contribution in [3.8, 4) is 0 Å². The van der Waals surface area contributed by atoms with E-state index in [1.54, 1.807) is 0 Å². The Morgan fingerprint density at radius 1 is 1.11 bits per heavy atom. The van der Waals surface area contributed by atoms with Crippen molar-refractivity contribution in [3.63, 3.8) is 0 Å². The molecule has 0 amide bonds. The fourth-order valence-electron chi connectivity index (χ4n) is 3.07. The van der Waals surface area contributed by atoms with Gasteiger partial charge in [0.1, 0.15) is 0 Å². The van der Waals surface area contributed by atoms with Gasteiger partial charge in [0.2, 0.25) is 0 Å². The van der Waals surface area contributed by atoms with Gasteiger partial charge in [0.15, 0.2) is 0 Å². The predicted molar refractivity (Wildman–Crippen MR) is 75.4 cm³/mol. The molecule has 1 aliphatic rings. The van der Waals surface area contributed by atoms with Crippen molar-refractivity contribution in [2.75, 3.05) is 21.1 Å². The third-order valence-corrected chi connectivity index (χ3v) is 4.06. The highest BCUT2D eigenvalue weighted by Gasteiger charge is 2.29. The Kier molecular flexibility index (Phi) is 4.72. The lowest BCUT2D eigenvalue weighted by Gasteiger charge is -2.41. The lowest BCUT2D eigenvalue weighted by atomic mass is 9.88. The van der Waals surface area contributed by atoms with Gasteiger partial charge >= 0.3 is 0 Å². The first-order chi connectivity index (χ1) is 8.68. The third kappa shape index (κ3) is 3.30. The van der Waals surface area contributed by atoms with Gasteiger partial charge in [0, 0.05) is 24.8 Å². The number of aromatic nitrogens is 1. The quantitative estimate of drug-likeness (QED) is 0.814. The molecular weight excluding hydrogens is 222 g/mol. The molecule has 0 N–H and O–H groups in total. The summed E-state index contributed by atoms with van der Waals surface area (Å²) in [4.78, 5) is 9.29. The second-order valence-electron chi connectivity index (χ2n) is 5.62. The first kappa shape index (κ1) is 13.5. The topological polar surface area (TPSA) is 19.4 Å². The molecule has 0 aromatic carbocycles. The van der Waals surface area contributed by atoms with Crippen LogP contribution in [-0.2, 0) is 6.54 Å². The summed E-state index contributed by atoms with van der Waals surface area (Å²) in [6.07, 6.45) is 7.25. The van der Waals surface area contributed by atoms with E-state index < -0.39 is 0 Å². The smallest absolute Gasteiger partial charge is 0.0543 e. The summed E-state index contributed by atoms with van der Waals surface area (Å²) in [6.45, 7) is 0.954. The first-order valence-corrected chi connectivity index (χ1v) is 6.95. The van der Waals surface area contributed by atoms with Crippen LogP contribution >= 0.6 is 0 Å². The molecule has 3 nitrogen and oxygen atoms in total. The van der Waals surface area contributed by atoms with Crippen molar-refractivity contribution in [2.45, 2.75) is 44.3 Å². The number of pyridine rings is 1. The van der Waals surface area contributed by atoms with Gasteiger partial charge in [-0.25, -0.2) is 0 Å². The van der Waals surface area contributed by atoms with Crippen LogP contribution in [0.5, 0.6) is 0 Å². The zero-order chi connectivity index (χ0) is 13.0. The van der Waals surface area contributed by atoms with Crippen molar-refractivity contribution in [2.24, 2.45) is 0 Å². The van der Waals surface area contributed by atoms with Gasteiger partial charge in [0.05, 0.1) is 5.69 Å². The van der Waals surface area contributed by atoms with Crippen molar-refractivity contribution < 1.29 is 0 Å². The van der Waals surface area contributed by atoms with Crippen molar-refractivity contribution in [3.05, 3.63) is 30.1 Å². The molecular formula is C15H25N3. The lowest BCUT2D eigenvalue weighted by Crippen LogP contribution is -2.49. The summed E-state index contributed by atoms with van der Waals surface area (Å²) in [5.74, 6) is 0. The van der Waals surface area contributed by atoms with E-state index in [0.717, 1.165) is 6.54 Å². The van der Waals surface area contributed by atoms with Crippen molar-refractivity contribution in [1.82, 2.24) is 14.8 Å². The first-order valence-electron chi connectivity index (χ1n) is 6.95. The van der Waals surface area contributed by atoms with E-state index in [2.05, 4.69) is 48.1 Å². The van der Waals surface area contributed by atoms with E-state index in [4.69, 9.17) is 0 Å². The van der Waals surface area contributed by atoms with Gasteiger partial charge in [-0.2, -0.15) is 0 Å². The van der Waals surface area contributed by atoms with Gasteiger partial charge in [-0.15, -0.1) is 0 Å². The fraction of sp³-hybridized carbons (Fsp3) is 0.667. The molecule has 3 heteroatoms. The normalized spacial score (nSPS) is 24.7. The fourth-order valence-corrected chi connectivity index (χ4v) is 3.07. The highest BCUT2D eigenvalue weighted by atomic mass is 15.2. The molecule has 18 heavy (non-hydrogen) atoms. The molecule has 100 valence electrons. The van der Waals surface area contributed by atoms with Gasteiger partial charge in [0.25, 0.3) is 0 Å². The van der Waals surface area contributed by atoms with Crippen molar-refractivity contribution >= 4 is 0 Å². The standard InChI is InChI=1S/C15H25N3/c1-17(2)14-9-4-5-10-15(14)18(3)12-13-8-6-7-11-16-13/h6-8,11,14-15H,4-5,9-10,12H2,1-3H3. The Bertz CT molecular complexity index is 350. The summed E-state index contributed by atoms with van der Waals surface area (Å²) in [5, 5.41) is 0. The Labute approximate surface area is 111 Å². The summed E-state index contributed by atoms with van der Waals surface area (Å²) in [7, 11) is 6.65. The van der Waals surface area contributed by atoms with E-state index in [1.807, 2.05) is 12.3 Å². The Morgan fingerprint density at radius 3 is 2.44 bits per heavy atom. The van der Waals surface area contributed by atoms with Gasteiger partial charge in [-0.1, -0.05) is 18.9 Å². The molecule has 1 aliphatic carbocycles. The monoisotopic (exact) mass is 247 g/mol. The maximum absolute atomic E-state index is 4.43. The van der Waals surface area contributed by atoms with Gasteiger partial charge in [-0.3, -0.25) is 9.88 Å². The van der Waals surface area contributed by atoms with Crippen LogP contribution in [-0.4, -0.2) is 48.0 Å². The van der Waals surface area contributed by atoms with Crippen LogP contribution in [0.25, 0.3) is 0 Å². The summed E-state index contributed by atoms with van der Waals surface area (Å²) in [6, 6.07) is 7.51. The molecule has 0 spiro atoms. The molecule has 0 radical (unpaired) electrons. The predicted octanol–water partition coefficient (Wildman–Crippen LogP) is 2.39. The van der Waals surface area contributed by atoms with Crippen LogP contribution in [0, 0.1) is 0 Å². The minimum absolute atomic E-state index is 0.663. The molecule has 0 bridgehead atoms. The molecule has 0 saturated heterocycles. The molecule has 0 aliphatic heterocycles.